The van der Waals surface area contributed by atoms with Crippen molar-refractivity contribution in [2.75, 3.05) is 26.3 Å². The van der Waals surface area contributed by atoms with Crippen molar-refractivity contribution in [1.29, 1.82) is 5.26 Å². The maximum atomic E-state index is 13.8. The van der Waals surface area contributed by atoms with Crippen LogP contribution >= 0.6 is 0 Å². The SMILES string of the molecule is CC(C)N(CCO)CCCOc1ccc(-c2cc3c(ncn3C)c(C#N)n2)cc1C(F)(F)F. The van der Waals surface area contributed by atoms with Crippen LogP contribution in [0.1, 0.15) is 31.5 Å². The number of aromatic nitrogens is 3. The van der Waals surface area contributed by atoms with Gasteiger partial charge in [0.2, 0.25) is 0 Å². The normalized spacial score (nSPS) is 12.0. The van der Waals surface area contributed by atoms with Crippen molar-refractivity contribution < 1.29 is 23.0 Å². The van der Waals surface area contributed by atoms with Gasteiger partial charge in [-0.25, -0.2) is 9.97 Å². The van der Waals surface area contributed by atoms with Gasteiger partial charge in [-0.3, -0.25) is 4.90 Å². The molecule has 0 unspecified atom stereocenters. The van der Waals surface area contributed by atoms with Crippen LogP contribution in [0.15, 0.2) is 30.6 Å². The lowest BCUT2D eigenvalue weighted by Gasteiger charge is -2.25. The van der Waals surface area contributed by atoms with Crippen LogP contribution in [-0.4, -0.2) is 56.9 Å². The molecule has 0 aliphatic rings. The standard InChI is InChI=1S/C23H26F3N5O2/c1-15(2)31(8-9-32)7-4-10-33-21-6-5-16(11-17(21)23(24,25)26)18-12-20-22(19(13-27)29-18)28-14-30(20)3/h5-6,11-12,14-15,32H,4,7-10H2,1-3H3. The molecule has 2 aromatic heterocycles. The average molecular weight is 461 g/mol. The Hall–Kier alpha value is -3.16. The van der Waals surface area contributed by atoms with Crippen LogP contribution in [0, 0.1) is 11.3 Å². The molecule has 0 bridgehead atoms. The highest BCUT2D eigenvalue weighted by Gasteiger charge is 2.35. The van der Waals surface area contributed by atoms with Gasteiger partial charge in [0, 0.05) is 31.7 Å². The molecule has 176 valence electrons. The van der Waals surface area contributed by atoms with Crippen LogP contribution < -0.4 is 4.74 Å². The topological polar surface area (TPSA) is 87.2 Å². The number of imidazole rings is 1. The van der Waals surface area contributed by atoms with E-state index in [1.807, 2.05) is 24.8 Å². The van der Waals surface area contributed by atoms with Crippen LogP contribution in [-0.2, 0) is 13.2 Å². The first-order valence-electron chi connectivity index (χ1n) is 10.6. The largest absolute Gasteiger partial charge is 0.493 e. The van der Waals surface area contributed by atoms with Gasteiger partial charge in [-0.2, -0.15) is 18.4 Å². The monoisotopic (exact) mass is 461 g/mol. The van der Waals surface area contributed by atoms with Crippen LogP contribution in [0.25, 0.3) is 22.3 Å². The van der Waals surface area contributed by atoms with Crippen molar-refractivity contribution >= 4 is 11.0 Å². The first kappa shape index (κ1) is 24.5. The summed E-state index contributed by atoms with van der Waals surface area (Å²) in [6.45, 7) is 5.21. The Labute approximate surface area is 190 Å². The van der Waals surface area contributed by atoms with Gasteiger partial charge in [0.15, 0.2) is 5.69 Å². The van der Waals surface area contributed by atoms with Gasteiger partial charge in [-0.15, -0.1) is 0 Å². The van der Waals surface area contributed by atoms with Crippen molar-refractivity contribution in [3.63, 3.8) is 0 Å². The van der Waals surface area contributed by atoms with E-state index in [1.165, 1.54) is 18.5 Å². The molecular formula is C23H26F3N5O2. The summed E-state index contributed by atoms with van der Waals surface area (Å²) in [4.78, 5) is 10.4. The molecule has 0 aliphatic carbocycles. The summed E-state index contributed by atoms with van der Waals surface area (Å²) in [5.41, 5.74) is 0.620. The van der Waals surface area contributed by atoms with Gasteiger partial charge in [0.1, 0.15) is 17.3 Å². The van der Waals surface area contributed by atoms with Crippen molar-refractivity contribution in [3.05, 3.63) is 41.9 Å². The minimum atomic E-state index is -4.62. The van der Waals surface area contributed by atoms with Crippen LogP contribution in [0.4, 0.5) is 13.2 Å². The van der Waals surface area contributed by atoms with E-state index in [1.54, 1.807) is 17.7 Å². The van der Waals surface area contributed by atoms with E-state index >= 15 is 0 Å². The Kier molecular flexibility index (Phi) is 7.56. The van der Waals surface area contributed by atoms with Crippen LogP contribution in [0.5, 0.6) is 5.75 Å². The van der Waals surface area contributed by atoms with Gasteiger partial charge in [0.25, 0.3) is 0 Å². The molecule has 3 aromatic rings. The Morgan fingerprint density at radius 1 is 1.24 bits per heavy atom. The number of ether oxygens (including phenoxy) is 1. The molecule has 1 N–H and O–H groups in total. The molecule has 0 aliphatic heterocycles. The minimum absolute atomic E-state index is 0.0187. The molecule has 0 spiro atoms. The number of fused-ring (bicyclic) bond motifs is 1. The molecule has 0 radical (unpaired) electrons. The van der Waals surface area contributed by atoms with Crippen molar-refractivity contribution in [2.45, 2.75) is 32.5 Å². The Balaban J connectivity index is 1.85. The van der Waals surface area contributed by atoms with Gasteiger partial charge < -0.3 is 14.4 Å². The lowest BCUT2D eigenvalue weighted by molar-refractivity contribution is -0.138. The van der Waals surface area contributed by atoms with Gasteiger partial charge in [0.05, 0.1) is 36.3 Å². The van der Waals surface area contributed by atoms with E-state index in [4.69, 9.17) is 9.84 Å². The Morgan fingerprint density at radius 3 is 2.64 bits per heavy atom. The number of aliphatic hydroxyl groups is 1. The first-order chi connectivity index (χ1) is 15.7. The highest BCUT2D eigenvalue weighted by molar-refractivity contribution is 5.84. The molecule has 7 nitrogen and oxygen atoms in total. The number of nitrogens with zero attached hydrogens (tertiary/aromatic N) is 5. The number of hydrogen-bond acceptors (Lipinski definition) is 6. The fourth-order valence-corrected chi connectivity index (χ4v) is 3.60. The number of pyridine rings is 1. The highest BCUT2D eigenvalue weighted by atomic mass is 19.4. The zero-order chi connectivity index (χ0) is 24.2. The van der Waals surface area contributed by atoms with E-state index < -0.39 is 11.7 Å². The van der Waals surface area contributed by atoms with Gasteiger partial charge in [-0.05, 0) is 44.5 Å². The number of nitriles is 1. The first-order valence-corrected chi connectivity index (χ1v) is 10.6. The molecule has 1 aromatic carbocycles. The van der Waals surface area contributed by atoms with E-state index in [0.717, 1.165) is 6.07 Å². The Morgan fingerprint density at radius 2 is 2.00 bits per heavy atom. The maximum Gasteiger partial charge on any atom is 0.419 e. The zero-order valence-corrected chi connectivity index (χ0v) is 18.7. The molecule has 0 atom stereocenters. The third-order valence-corrected chi connectivity index (χ3v) is 5.36. The van der Waals surface area contributed by atoms with Crippen molar-refractivity contribution in [3.8, 4) is 23.1 Å². The summed E-state index contributed by atoms with van der Waals surface area (Å²) in [5.74, 6) is -0.258. The van der Waals surface area contributed by atoms with Crippen molar-refractivity contribution in [2.24, 2.45) is 7.05 Å². The van der Waals surface area contributed by atoms with Crippen LogP contribution in [0.2, 0.25) is 0 Å². The predicted molar refractivity (Wildman–Crippen MR) is 118 cm³/mol. The van der Waals surface area contributed by atoms with E-state index in [0.29, 0.717) is 30.5 Å². The lowest BCUT2D eigenvalue weighted by Crippen LogP contribution is -2.34. The highest BCUT2D eigenvalue weighted by Crippen LogP contribution is 2.39. The van der Waals surface area contributed by atoms with E-state index in [-0.39, 0.29) is 42.0 Å². The zero-order valence-electron chi connectivity index (χ0n) is 18.7. The number of rotatable bonds is 9. The molecule has 0 amide bonds. The molecular weight excluding hydrogens is 435 g/mol. The van der Waals surface area contributed by atoms with Gasteiger partial charge in [-0.1, -0.05) is 0 Å². The minimum Gasteiger partial charge on any atom is -0.493 e. The molecule has 10 heteroatoms. The summed E-state index contributed by atoms with van der Waals surface area (Å²) >= 11 is 0. The molecule has 3 rings (SSSR count). The summed E-state index contributed by atoms with van der Waals surface area (Å²) < 4.78 is 48.6. The number of aryl methyl sites for hydroxylation is 1. The smallest absolute Gasteiger partial charge is 0.419 e. The third-order valence-electron chi connectivity index (χ3n) is 5.36. The third kappa shape index (κ3) is 5.61. The predicted octanol–water partition coefficient (Wildman–Crippen LogP) is 4.00. The quantitative estimate of drug-likeness (QED) is 0.485. The number of alkyl halides is 3. The fourth-order valence-electron chi connectivity index (χ4n) is 3.60. The molecule has 33 heavy (non-hydrogen) atoms. The summed E-state index contributed by atoms with van der Waals surface area (Å²) in [6.07, 6.45) is -2.58. The fraction of sp³-hybridized carbons (Fsp3) is 0.435. The second-order valence-corrected chi connectivity index (χ2v) is 7.96. The number of benzene rings is 1. The van der Waals surface area contributed by atoms with Crippen molar-refractivity contribution in [1.82, 2.24) is 19.4 Å². The molecule has 0 saturated carbocycles. The number of aliphatic hydroxyl groups excluding tert-OH is 1. The number of halogens is 3. The Bertz CT molecular complexity index is 1150. The molecule has 0 saturated heterocycles. The molecule has 0 fully saturated rings. The molecule has 2 heterocycles. The summed E-state index contributed by atoms with van der Waals surface area (Å²) in [6, 6.07) is 7.56. The second-order valence-electron chi connectivity index (χ2n) is 7.96. The summed E-state index contributed by atoms with van der Waals surface area (Å²) in [7, 11) is 1.74. The maximum absolute atomic E-state index is 13.8. The van der Waals surface area contributed by atoms with Gasteiger partial charge >= 0.3 is 6.18 Å². The second kappa shape index (κ2) is 10.2. The number of hydrogen-bond donors (Lipinski definition) is 1. The van der Waals surface area contributed by atoms with E-state index in [9.17, 15) is 18.4 Å². The average Bonchev–Trinajstić information content (AvgIpc) is 3.15. The lowest BCUT2D eigenvalue weighted by atomic mass is 10.1. The summed E-state index contributed by atoms with van der Waals surface area (Å²) in [5, 5.41) is 18.5. The van der Waals surface area contributed by atoms with Crippen LogP contribution in [0.3, 0.4) is 0 Å². The van der Waals surface area contributed by atoms with E-state index in [2.05, 4.69) is 9.97 Å².